The van der Waals surface area contributed by atoms with E-state index in [2.05, 4.69) is 20.9 Å². The van der Waals surface area contributed by atoms with Crippen LogP contribution in [0.25, 0.3) is 0 Å². The summed E-state index contributed by atoms with van der Waals surface area (Å²) in [5, 5.41) is 2.79. The smallest absolute Gasteiger partial charge is 0.337 e. The van der Waals surface area contributed by atoms with E-state index in [0.29, 0.717) is 10.6 Å². The number of thiocarbonyl (C=S) groups is 1. The van der Waals surface area contributed by atoms with E-state index in [1.54, 1.807) is 30.3 Å². The van der Waals surface area contributed by atoms with Gasteiger partial charge in [-0.1, -0.05) is 17.7 Å². The number of carbonyl (C=O) groups is 3. The van der Waals surface area contributed by atoms with Gasteiger partial charge in [-0.05, 0) is 54.7 Å². The summed E-state index contributed by atoms with van der Waals surface area (Å²) in [6.07, 6.45) is 0. The van der Waals surface area contributed by atoms with Crippen molar-refractivity contribution in [3.05, 3.63) is 70.2 Å². The Morgan fingerprint density at radius 3 is 2.23 bits per heavy atom. The number of rotatable bonds is 3. The zero-order valence-electron chi connectivity index (χ0n) is 13.5. The Balaban J connectivity index is 1.91. The van der Waals surface area contributed by atoms with E-state index in [1.807, 2.05) is 0 Å². The van der Waals surface area contributed by atoms with E-state index in [0.717, 1.165) is 0 Å². The van der Waals surface area contributed by atoms with Crippen molar-refractivity contribution in [2.75, 3.05) is 7.11 Å². The maximum Gasteiger partial charge on any atom is 0.337 e. The molecule has 0 radical (unpaired) electrons. The molecular formula is C17H14ClN3O4S. The van der Waals surface area contributed by atoms with Gasteiger partial charge in [0.05, 0.1) is 12.7 Å². The molecule has 2 rings (SSSR count). The van der Waals surface area contributed by atoms with Gasteiger partial charge in [0.1, 0.15) is 0 Å². The highest BCUT2D eigenvalue weighted by Crippen LogP contribution is 2.09. The summed E-state index contributed by atoms with van der Waals surface area (Å²) in [5.41, 5.74) is 5.58. The average Bonchev–Trinajstić information content (AvgIpc) is 2.66. The molecule has 0 saturated heterocycles. The molecule has 0 fully saturated rings. The summed E-state index contributed by atoms with van der Waals surface area (Å²) >= 11 is 10.7. The largest absolute Gasteiger partial charge is 0.465 e. The molecule has 2 aromatic carbocycles. The van der Waals surface area contributed by atoms with Crippen molar-refractivity contribution in [3.63, 3.8) is 0 Å². The molecule has 0 atom stereocenters. The van der Waals surface area contributed by atoms with Crippen molar-refractivity contribution < 1.29 is 19.1 Å². The normalized spacial score (nSPS) is 9.77. The third kappa shape index (κ3) is 5.27. The summed E-state index contributed by atoms with van der Waals surface area (Å²) in [6.45, 7) is 0. The number of esters is 1. The SMILES string of the molecule is COC(=O)c1cccc(C(=O)NC(=S)NNC(=O)c2ccc(Cl)cc2)c1. The van der Waals surface area contributed by atoms with Crippen LogP contribution in [0, 0.1) is 0 Å². The van der Waals surface area contributed by atoms with Gasteiger partial charge in [-0.3, -0.25) is 25.8 Å². The van der Waals surface area contributed by atoms with Gasteiger partial charge in [0.15, 0.2) is 5.11 Å². The van der Waals surface area contributed by atoms with E-state index in [1.165, 1.54) is 25.3 Å². The fourth-order valence-electron chi connectivity index (χ4n) is 1.90. The van der Waals surface area contributed by atoms with Crippen LogP contribution >= 0.6 is 23.8 Å². The van der Waals surface area contributed by atoms with Crippen LogP contribution in [-0.2, 0) is 4.74 Å². The molecule has 0 aliphatic heterocycles. The van der Waals surface area contributed by atoms with Gasteiger partial charge in [0.25, 0.3) is 11.8 Å². The lowest BCUT2D eigenvalue weighted by Crippen LogP contribution is -2.48. The molecule has 2 aromatic rings. The molecule has 0 saturated carbocycles. The first-order valence-electron chi connectivity index (χ1n) is 7.26. The van der Waals surface area contributed by atoms with Gasteiger partial charge in [-0.2, -0.15) is 0 Å². The van der Waals surface area contributed by atoms with Crippen LogP contribution in [0.15, 0.2) is 48.5 Å². The monoisotopic (exact) mass is 391 g/mol. The number of amides is 2. The highest BCUT2D eigenvalue weighted by atomic mass is 35.5. The average molecular weight is 392 g/mol. The maximum atomic E-state index is 12.2. The second kappa shape index (κ2) is 8.93. The van der Waals surface area contributed by atoms with Gasteiger partial charge in [0.2, 0.25) is 0 Å². The summed E-state index contributed by atoms with van der Waals surface area (Å²) in [4.78, 5) is 35.6. The molecule has 3 N–H and O–H groups in total. The van der Waals surface area contributed by atoms with Crippen molar-refractivity contribution in [1.29, 1.82) is 0 Å². The predicted octanol–water partition coefficient (Wildman–Crippen LogP) is 2.08. The maximum absolute atomic E-state index is 12.2. The van der Waals surface area contributed by atoms with Crippen LogP contribution in [0.5, 0.6) is 0 Å². The quantitative estimate of drug-likeness (QED) is 0.421. The highest BCUT2D eigenvalue weighted by Gasteiger charge is 2.12. The van der Waals surface area contributed by atoms with Gasteiger partial charge in [-0.15, -0.1) is 0 Å². The topological polar surface area (TPSA) is 96.5 Å². The minimum Gasteiger partial charge on any atom is -0.465 e. The molecular weight excluding hydrogens is 378 g/mol. The third-order valence-electron chi connectivity index (χ3n) is 3.17. The zero-order valence-corrected chi connectivity index (χ0v) is 15.1. The molecule has 9 heteroatoms. The molecule has 0 spiro atoms. The molecule has 0 aromatic heterocycles. The van der Waals surface area contributed by atoms with Gasteiger partial charge < -0.3 is 4.74 Å². The van der Waals surface area contributed by atoms with E-state index in [-0.39, 0.29) is 16.2 Å². The Bertz CT molecular complexity index is 855. The lowest BCUT2D eigenvalue weighted by Gasteiger charge is -2.11. The molecule has 0 aliphatic rings. The molecule has 0 unspecified atom stereocenters. The van der Waals surface area contributed by atoms with Crippen LogP contribution in [-0.4, -0.2) is 30.0 Å². The summed E-state index contributed by atoms with van der Waals surface area (Å²) in [6, 6.07) is 12.2. The summed E-state index contributed by atoms with van der Waals surface area (Å²) < 4.78 is 4.60. The van der Waals surface area contributed by atoms with Crippen LogP contribution < -0.4 is 16.2 Å². The van der Waals surface area contributed by atoms with Gasteiger partial charge in [-0.25, -0.2) is 4.79 Å². The molecule has 26 heavy (non-hydrogen) atoms. The summed E-state index contributed by atoms with van der Waals surface area (Å²) in [7, 11) is 1.25. The van der Waals surface area contributed by atoms with Crippen LogP contribution in [0.2, 0.25) is 5.02 Å². The van der Waals surface area contributed by atoms with Crippen LogP contribution in [0.1, 0.15) is 31.1 Å². The van der Waals surface area contributed by atoms with E-state index in [4.69, 9.17) is 23.8 Å². The van der Waals surface area contributed by atoms with Crippen molar-refractivity contribution in [1.82, 2.24) is 16.2 Å². The van der Waals surface area contributed by atoms with Gasteiger partial charge >= 0.3 is 5.97 Å². The Hall–Kier alpha value is -2.97. The lowest BCUT2D eigenvalue weighted by molar-refractivity contribution is 0.0600. The highest BCUT2D eigenvalue weighted by molar-refractivity contribution is 7.80. The second-order valence-corrected chi connectivity index (χ2v) is 5.79. The van der Waals surface area contributed by atoms with Crippen molar-refractivity contribution in [3.8, 4) is 0 Å². The Morgan fingerprint density at radius 2 is 1.58 bits per heavy atom. The van der Waals surface area contributed by atoms with E-state index < -0.39 is 17.8 Å². The van der Waals surface area contributed by atoms with E-state index >= 15 is 0 Å². The minimum atomic E-state index is -0.560. The first-order chi connectivity index (χ1) is 12.4. The number of hydrogen-bond donors (Lipinski definition) is 3. The third-order valence-corrected chi connectivity index (χ3v) is 3.62. The first-order valence-corrected chi connectivity index (χ1v) is 8.05. The number of carbonyl (C=O) groups excluding carboxylic acids is 3. The lowest BCUT2D eigenvalue weighted by atomic mass is 10.1. The molecule has 2 amide bonds. The van der Waals surface area contributed by atoms with Crippen LogP contribution in [0.4, 0.5) is 0 Å². The van der Waals surface area contributed by atoms with Crippen LogP contribution in [0.3, 0.4) is 0 Å². The van der Waals surface area contributed by atoms with Gasteiger partial charge in [0, 0.05) is 16.1 Å². The first kappa shape index (κ1) is 19.4. The molecule has 0 aliphatic carbocycles. The predicted molar refractivity (Wildman–Crippen MR) is 99.9 cm³/mol. The number of halogens is 1. The summed E-state index contributed by atoms with van der Waals surface area (Å²) in [5.74, 6) is -1.56. The van der Waals surface area contributed by atoms with Crippen molar-refractivity contribution in [2.24, 2.45) is 0 Å². The fraction of sp³-hybridized carbons (Fsp3) is 0.0588. The molecule has 134 valence electrons. The number of ether oxygens (including phenoxy) is 1. The number of hydrogen-bond acceptors (Lipinski definition) is 5. The second-order valence-electron chi connectivity index (χ2n) is 4.94. The number of nitrogens with one attached hydrogen (secondary N) is 3. The fourth-order valence-corrected chi connectivity index (χ4v) is 2.17. The Kier molecular flexibility index (Phi) is 6.65. The van der Waals surface area contributed by atoms with Crippen molar-refractivity contribution in [2.45, 2.75) is 0 Å². The molecule has 0 heterocycles. The zero-order chi connectivity index (χ0) is 19.1. The Morgan fingerprint density at radius 1 is 0.923 bits per heavy atom. The Labute approximate surface area is 159 Å². The standard InChI is InChI=1S/C17H14ClN3O4S/c1-25-16(24)12-4-2-3-11(9-12)14(22)19-17(26)21-20-15(23)10-5-7-13(18)8-6-10/h2-9H,1H3,(H,20,23)(H2,19,21,22,26). The minimum absolute atomic E-state index is 0.110. The molecule has 0 bridgehead atoms. The van der Waals surface area contributed by atoms with E-state index in [9.17, 15) is 14.4 Å². The number of methoxy groups -OCH3 is 1. The number of benzene rings is 2. The number of hydrazine groups is 1. The van der Waals surface area contributed by atoms with Crippen molar-refractivity contribution >= 4 is 46.7 Å². The molecule has 7 nitrogen and oxygen atoms in total.